The summed E-state index contributed by atoms with van der Waals surface area (Å²) in [6.45, 7) is 6.81. The maximum absolute atomic E-state index is 11.9. The van der Waals surface area contributed by atoms with E-state index in [-0.39, 0.29) is 5.91 Å². The molecule has 0 atom stereocenters. The van der Waals surface area contributed by atoms with Gasteiger partial charge in [0.05, 0.1) is 11.3 Å². The second-order valence-electron chi connectivity index (χ2n) is 6.01. The van der Waals surface area contributed by atoms with E-state index in [0.717, 1.165) is 23.2 Å². The van der Waals surface area contributed by atoms with Crippen molar-refractivity contribution in [1.82, 2.24) is 25.3 Å². The number of aromatic nitrogens is 4. The van der Waals surface area contributed by atoms with Gasteiger partial charge >= 0.3 is 5.63 Å². The van der Waals surface area contributed by atoms with Gasteiger partial charge in [-0.25, -0.2) is 9.48 Å². The largest absolute Gasteiger partial charge is 0.430 e. The SMILES string of the molecule is Cc1nn(-c2ccc(NCCNC(=O)c3ccc(=O)oc3)nn2)c(C)c1C. The van der Waals surface area contributed by atoms with Crippen molar-refractivity contribution in [2.24, 2.45) is 0 Å². The third-order valence-corrected chi connectivity index (χ3v) is 4.20. The summed E-state index contributed by atoms with van der Waals surface area (Å²) >= 11 is 0. The molecule has 3 heterocycles. The molecular weight excluding hydrogens is 348 g/mol. The van der Waals surface area contributed by atoms with Gasteiger partial charge in [0.25, 0.3) is 5.91 Å². The molecule has 0 spiro atoms. The number of nitrogens with one attached hydrogen (secondary N) is 2. The molecular formula is C18H20N6O3. The van der Waals surface area contributed by atoms with Crippen LogP contribution < -0.4 is 16.3 Å². The lowest BCUT2D eigenvalue weighted by atomic mass is 10.2. The zero-order valence-electron chi connectivity index (χ0n) is 15.3. The molecule has 3 aromatic heterocycles. The summed E-state index contributed by atoms with van der Waals surface area (Å²) in [6, 6.07) is 6.26. The van der Waals surface area contributed by atoms with Crippen molar-refractivity contribution >= 4 is 11.7 Å². The van der Waals surface area contributed by atoms with Gasteiger partial charge in [0.15, 0.2) is 5.82 Å². The summed E-state index contributed by atoms with van der Waals surface area (Å²) in [5.74, 6) is 0.923. The normalized spacial score (nSPS) is 10.6. The van der Waals surface area contributed by atoms with Crippen LogP contribution in [0.1, 0.15) is 27.3 Å². The number of amides is 1. The highest BCUT2D eigenvalue weighted by atomic mass is 16.4. The fraction of sp³-hybridized carbons (Fsp3) is 0.278. The van der Waals surface area contributed by atoms with Crippen LogP contribution in [0.15, 0.2) is 39.7 Å². The summed E-state index contributed by atoms with van der Waals surface area (Å²) in [6.07, 6.45) is 1.13. The Kier molecular flexibility index (Phi) is 5.30. The molecule has 0 unspecified atom stereocenters. The Morgan fingerprint density at radius 2 is 1.93 bits per heavy atom. The van der Waals surface area contributed by atoms with Crippen molar-refractivity contribution in [3.8, 4) is 5.82 Å². The van der Waals surface area contributed by atoms with Gasteiger partial charge in [-0.3, -0.25) is 4.79 Å². The number of carbonyl (C=O) groups is 1. The molecule has 0 bridgehead atoms. The van der Waals surface area contributed by atoms with Gasteiger partial charge in [0.2, 0.25) is 0 Å². The van der Waals surface area contributed by atoms with Gasteiger partial charge < -0.3 is 15.1 Å². The van der Waals surface area contributed by atoms with Gasteiger partial charge in [-0.15, -0.1) is 10.2 Å². The molecule has 0 saturated carbocycles. The van der Waals surface area contributed by atoms with E-state index in [1.54, 1.807) is 4.68 Å². The lowest BCUT2D eigenvalue weighted by Gasteiger charge is -2.08. The predicted molar refractivity (Wildman–Crippen MR) is 99.2 cm³/mol. The molecule has 0 radical (unpaired) electrons. The molecule has 9 heteroatoms. The van der Waals surface area contributed by atoms with E-state index in [9.17, 15) is 9.59 Å². The van der Waals surface area contributed by atoms with E-state index in [1.807, 2.05) is 32.9 Å². The van der Waals surface area contributed by atoms with Crippen LogP contribution in [-0.2, 0) is 0 Å². The van der Waals surface area contributed by atoms with Crippen molar-refractivity contribution in [3.63, 3.8) is 0 Å². The molecule has 0 saturated heterocycles. The fourth-order valence-corrected chi connectivity index (χ4v) is 2.43. The topological polar surface area (TPSA) is 115 Å². The number of aryl methyl sites for hydroxylation is 1. The van der Waals surface area contributed by atoms with Gasteiger partial charge in [-0.05, 0) is 44.5 Å². The van der Waals surface area contributed by atoms with Crippen LogP contribution in [0.4, 0.5) is 5.82 Å². The standard InChI is InChI=1S/C18H20N6O3/c1-11-12(2)23-24(13(11)3)16-6-5-15(21-22-16)19-8-9-20-18(26)14-4-7-17(25)27-10-14/h4-7,10H,8-9H2,1-3H3,(H,19,21)(H,20,26). The Morgan fingerprint density at radius 1 is 1.11 bits per heavy atom. The molecule has 3 aromatic rings. The Hall–Kier alpha value is -3.49. The van der Waals surface area contributed by atoms with E-state index in [1.165, 1.54) is 12.1 Å². The number of hydrogen-bond donors (Lipinski definition) is 2. The third kappa shape index (κ3) is 4.20. The minimum atomic E-state index is -0.495. The second kappa shape index (κ2) is 7.81. The average molecular weight is 368 g/mol. The maximum atomic E-state index is 11.9. The first-order valence-corrected chi connectivity index (χ1v) is 8.43. The smallest absolute Gasteiger partial charge is 0.335 e. The molecule has 0 fully saturated rings. The lowest BCUT2D eigenvalue weighted by molar-refractivity contribution is 0.0952. The Balaban J connectivity index is 1.51. The van der Waals surface area contributed by atoms with Crippen LogP contribution in [0.25, 0.3) is 5.82 Å². The first-order valence-electron chi connectivity index (χ1n) is 8.43. The summed E-state index contributed by atoms with van der Waals surface area (Å²) in [7, 11) is 0. The highest BCUT2D eigenvalue weighted by Crippen LogP contribution is 2.15. The molecule has 0 aliphatic heterocycles. The molecule has 2 N–H and O–H groups in total. The van der Waals surface area contributed by atoms with Crippen LogP contribution in [0.3, 0.4) is 0 Å². The van der Waals surface area contributed by atoms with Gasteiger partial charge in [-0.2, -0.15) is 5.10 Å². The molecule has 27 heavy (non-hydrogen) atoms. The van der Waals surface area contributed by atoms with Crippen molar-refractivity contribution in [2.45, 2.75) is 20.8 Å². The number of hydrogen-bond acceptors (Lipinski definition) is 7. The zero-order valence-corrected chi connectivity index (χ0v) is 15.3. The van der Waals surface area contributed by atoms with Crippen LogP contribution in [0.2, 0.25) is 0 Å². The van der Waals surface area contributed by atoms with E-state index in [0.29, 0.717) is 30.3 Å². The van der Waals surface area contributed by atoms with Gasteiger partial charge in [0.1, 0.15) is 12.1 Å². The van der Waals surface area contributed by atoms with E-state index in [4.69, 9.17) is 0 Å². The molecule has 0 aliphatic carbocycles. The molecule has 140 valence electrons. The third-order valence-electron chi connectivity index (χ3n) is 4.20. The number of rotatable bonds is 6. The second-order valence-corrected chi connectivity index (χ2v) is 6.01. The Morgan fingerprint density at radius 3 is 2.52 bits per heavy atom. The van der Waals surface area contributed by atoms with Crippen LogP contribution >= 0.6 is 0 Å². The first kappa shape index (κ1) is 18.3. The summed E-state index contributed by atoms with van der Waals surface area (Å²) in [5.41, 5.74) is 2.92. The first-order chi connectivity index (χ1) is 13.0. The predicted octanol–water partition coefficient (Wildman–Crippen LogP) is 1.38. The Bertz CT molecular complexity index is 986. The van der Waals surface area contributed by atoms with Gasteiger partial charge in [0, 0.05) is 24.8 Å². The minimum Gasteiger partial charge on any atom is -0.430 e. The quantitative estimate of drug-likeness (QED) is 0.632. The lowest BCUT2D eigenvalue weighted by Crippen LogP contribution is -2.29. The minimum absolute atomic E-state index is 0.291. The number of nitrogens with zero attached hydrogens (tertiary/aromatic N) is 4. The van der Waals surface area contributed by atoms with Gasteiger partial charge in [-0.1, -0.05) is 0 Å². The van der Waals surface area contributed by atoms with Crippen LogP contribution in [0.5, 0.6) is 0 Å². The van der Waals surface area contributed by atoms with Crippen molar-refractivity contribution < 1.29 is 9.21 Å². The summed E-state index contributed by atoms with van der Waals surface area (Å²) in [4.78, 5) is 22.8. The average Bonchev–Trinajstić information content (AvgIpc) is 2.93. The van der Waals surface area contributed by atoms with E-state index >= 15 is 0 Å². The monoisotopic (exact) mass is 368 g/mol. The highest BCUT2D eigenvalue weighted by Gasteiger charge is 2.10. The van der Waals surface area contributed by atoms with E-state index < -0.39 is 5.63 Å². The van der Waals surface area contributed by atoms with Crippen molar-refractivity contribution in [2.75, 3.05) is 18.4 Å². The van der Waals surface area contributed by atoms with Crippen LogP contribution in [0, 0.1) is 20.8 Å². The molecule has 9 nitrogen and oxygen atoms in total. The summed E-state index contributed by atoms with van der Waals surface area (Å²) < 4.78 is 6.43. The number of anilines is 1. The van der Waals surface area contributed by atoms with E-state index in [2.05, 4.69) is 30.3 Å². The summed E-state index contributed by atoms with van der Waals surface area (Å²) in [5, 5.41) is 18.6. The zero-order chi connectivity index (χ0) is 19.4. The van der Waals surface area contributed by atoms with Crippen molar-refractivity contribution in [1.29, 1.82) is 0 Å². The Labute approximate surface area is 155 Å². The van der Waals surface area contributed by atoms with Crippen molar-refractivity contribution in [3.05, 3.63) is 63.5 Å². The van der Waals surface area contributed by atoms with Crippen LogP contribution in [-0.4, -0.2) is 39.0 Å². The molecule has 1 amide bonds. The fourth-order valence-electron chi connectivity index (χ4n) is 2.43. The molecule has 0 aromatic carbocycles. The molecule has 3 rings (SSSR count). The molecule has 0 aliphatic rings. The maximum Gasteiger partial charge on any atom is 0.335 e. The number of carbonyl (C=O) groups excluding carboxylic acids is 1. The highest BCUT2D eigenvalue weighted by molar-refractivity contribution is 5.93.